The summed E-state index contributed by atoms with van der Waals surface area (Å²) < 4.78 is 24.3. The molecule has 0 unspecified atom stereocenters. The Morgan fingerprint density at radius 1 is 1.09 bits per heavy atom. The van der Waals surface area contributed by atoms with E-state index in [0.717, 1.165) is 25.5 Å². The summed E-state index contributed by atoms with van der Waals surface area (Å²) in [6.45, 7) is 5.44. The zero-order valence-corrected chi connectivity index (χ0v) is 16.7. The van der Waals surface area contributed by atoms with Gasteiger partial charge in [-0.05, 0) is 32.4 Å². The van der Waals surface area contributed by atoms with Crippen molar-refractivity contribution in [2.75, 3.05) is 52.6 Å². The van der Waals surface area contributed by atoms with Crippen LogP contribution in [0.1, 0.15) is 25.7 Å². The third-order valence-electron chi connectivity index (χ3n) is 3.40. The van der Waals surface area contributed by atoms with Crippen molar-refractivity contribution < 1.29 is 8.42 Å². The summed E-state index contributed by atoms with van der Waals surface area (Å²) >= 11 is 0. The first-order valence-electron chi connectivity index (χ1n) is 7.63. The smallest absolute Gasteiger partial charge is 0.208 e. The molecule has 1 heterocycles. The van der Waals surface area contributed by atoms with Gasteiger partial charge in [-0.1, -0.05) is 6.42 Å². The Bertz CT molecular complexity index is 411. The van der Waals surface area contributed by atoms with Gasteiger partial charge in [-0.3, -0.25) is 4.99 Å². The van der Waals surface area contributed by atoms with Crippen LogP contribution in [0.5, 0.6) is 0 Å². The second kappa shape index (κ2) is 12.3. The Hall–Kier alpha value is -0.130. The molecule has 22 heavy (non-hydrogen) atoms. The molecule has 0 aromatic heterocycles. The second-order valence-corrected chi connectivity index (χ2v) is 7.18. The molecular weight excluding hydrogens is 417 g/mol. The van der Waals surface area contributed by atoms with Gasteiger partial charge in [-0.15, -0.1) is 24.0 Å². The number of likely N-dealkylation sites (tertiary alicyclic amines) is 1. The minimum absolute atomic E-state index is 0. The summed E-state index contributed by atoms with van der Waals surface area (Å²) in [6.07, 6.45) is 5.86. The lowest BCUT2D eigenvalue weighted by atomic mass is 10.1. The van der Waals surface area contributed by atoms with E-state index in [1.807, 2.05) is 0 Å². The first-order chi connectivity index (χ1) is 10.0. The molecule has 3 N–H and O–H groups in total. The zero-order valence-electron chi connectivity index (χ0n) is 13.6. The van der Waals surface area contributed by atoms with Crippen molar-refractivity contribution in [1.29, 1.82) is 0 Å². The van der Waals surface area contributed by atoms with E-state index < -0.39 is 10.0 Å². The molecule has 0 spiro atoms. The van der Waals surface area contributed by atoms with Crippen molar-refractivity contribution in [2.24, 2.45) is 4.99 Å². The standard InChI is InChI=1S/C13H29N5O2S.HI/c1-14-13(15-7-6-8-17-21(2,19)20)16-9-12-18-10-4-3-5-11-18;/h17H,3-12H2,1-2H3,(H2,14,15,16);1H. The van der Waals surface area contributed by atoms with E-state index in [1.165, 1.54) is 38.6 Å². The maximum atomic E-state index is 10.9. The third-order valence-corrected chi connectivity index (χ3v) is 4.13. The van der Waals surface area contributed by atoms with Crippen molar-refractivity contribution in [3.63, 3.8) is 0 Å². The van der Waals surface area contributed by atoms with Crippen LogP contribution in [0.25, 0.3) is 0 Å². The van der Waals surface area contributed by atoms with Gasteiger partial charge in [-0.25, -0.2) is 13.1 Å². The molecule has 0 atom stereocenters. The number of guanidine groups is 1. The third kappa shape index (κ3) is 11.4. The van der Waals surface area contributed by atoms with Crippen molar-refractivity contribution in [2.45, 2.75) is 25.7 Å². The van der Waals surface area contributed by atoms with Crippen LogP contribution in [0.2, 0.25) is 0 Å². The van der Waals surface area contributed by atoms with Gasteiger partial charge < -0.3 is 15.5 Å². The fourth-order valence-electron chi connectivity index (χ4n) is 2.29. The molecule has 1 aliphatic heterocycles. The molecule has 0 amide bonds. The van der Waals surface area contributed by atoms with E-state index in [4.69, 9.17) is 0 Å². The topological polar surface area (TPSA) is 85.8 Å². The minimum atomic E-state index is -3.09. The average Bonchev–Trinajstić information content (AvgIpc) is 2.45. The molecular formula is C13H30IN5O2S. The van der Waals surface area contributed by atoms with Gasteiger partial charge in [0.25, 0.3) is 0 Å². The van der Waals surface area contributed by atoms with Gasteiger partial charge in [-0.2, -0.15) is 0 Å². The largest absolute Gasteiger partial charge is 0.356 e. The zero-order chi connectivity index (χ0) is 15.6. The first kappa shape index (κ1) is 21.9. The van der Waals surface area contributed by atoms with Gasteiger partial charge >= 0.3 is 0 Å². The summed E-state index contributed by atoms with van der Waals surface area (Å²) in [4.78, 5) is 6.63. The van der Waals surface area contributed by atoms with E-state index in [-0.39, 0.29) is 24.0 Å². The van der Waals surface area contributed by atoms with Crippen LogP contribution in [0.3, 0.4) is 0 Å². The highest BCUT2D eigenvalue weighted by atomic mass is 127. The number of aliphatic imine (C=N–C) groups is 1. The van der Waals surface area contributed by atoms with Crippen molar-refractivity contribution in [3.8, 4) is 0 Å². The van der Waals surface area contributed by atoms with Crippen molar-refractivity contribution in [1.82, 2.24) is 20.3 Å². The number of halogens is 1. The summed E-state index contributed by atoms with van der Waals surface area (Å²) in [6, 6.07) is 0. The number of sulfonamides is 1. The highest BCUT2D eigenvalue weighted by molar-refractivity contribution is 14.0. The lowest BCUT2D eigenvalue weighted by Crippen LogP contribution is -2.43. The molecule has 0 saturated carbocycles. The first-order valence-corrected chi connectivity index (χ1v) is 9.52. The van der Waals surface area contributed by atoms with Crippen LogP contribution in [0.4, 0.5) is 0 Å². The van der Waals surface area contributed by atoms with E-state index in [2.05, 4.69) is 25.2 Å². The van der Waals surface area contributed by atoms with Crippen LogP contribution in [-0.2, 0) is 10.0 Å². The molecule has 1 saturated heterocycles. The van der Waals surface area contributed by atoms with E-state index in [9.17, 15) is 8.42 Å². The predicted molar refractivity (Wildman–Crippen MR) is 103 cm³/mol. The van der Waals surface area contributed by atoms with Gasteiger partial charge in [0.1, 0.15) is 0 Å². The predicted octanol–water partition coefficient (Wildman–Crippen LogP) is 0.195. The van der Waals surface area contributed by atoms with Gasteiger partial charge in [0.05, 0.1) is 6.26 Å². The number of nitrogens with zero attached hydrogens (tertiary/aromatic N) is 2. The van der Waals surface area contributed by atoms with Gasteiger partial charge in [0.15, 0.2) is 5.96 Å². The lowest BCUT2D eigenvalue weighted by molar-refractivity contribution is 0.232. The quantitative estimate of drug-likeness (QED) is 0.214. The summed E-state index contributed by atoms with van der Waals surface area (Å²) in [5, 5.41) is 6.46. The molecule has 1 rings (SSSR count). The second-order valence-electron chi connectivity index (χ2n) is 5.35. The minimum Gasteiger partial charge on any atom is -0.356 e. The maximum absolute atomic E-state index is 10.9. The number of piperidine rings is 1. The SMILES string of the molecule is CN=C(NCCCNS(C)(=O)=O)NCCN1CCCCC1.I. The summed E-state index contributed by atoms with van der Waals surface area (Å²) in [7, 11) is -1.35. The number of rotatable bonds is 8. The Morgan fingerprint density at radius 3 is 2.32 bits per heavy atom. The van der Waals surface area contributed by atoms with E-state index >= 15 is 0 Å². The highest BCUT2D eigenvalue weighted by Gasteiger charge is 2.09. The number of nitrogens with one attached hydrogen (secondary N) is 3. The van der Waals surface area contributed by atoms with Crippen molar-refractivity contribution in [3.05, 3.63) is 0 Å². The number of hydrogen-bond donors (Lipinski definition) is 3. The fraction of sp³-hybridized carbons (Fsp3) is 0.923. The Kier molecular flexibility index (Phi) is 12.2. The molecule has 132 valence electrons. The lowest BCUT2D eigenvalue weighted by Gasteiger charge is -2.26. The molecule has 7 nitrogen and oxygen atoms in total. The van der Waals surface area contributed by atoms with Crippen LogP contribution in [-0.4, -0.2) is 71.8 Å². The molecule has 9 heteroatoms. The molecule has 0 aromatic rings. The van der Waals surface area contributed by atoms with Crippen LogP contribution in [0.15, 0.2) is 4.99 Å². The van der Waals surface area contributed by atoms with Gasteiger partial charge in [0.2, 0.25) is 10.0 Å². The Labute approximate surface area is 151 Å². The Balaban J connectivity index is 0.00000441. The van der Waals surface area contributed by atoms with E-state index in [0.29, 0.717) is 13.1 Å². The molecule has 0 bridgehead atoms. The molecule has 1 fully saturated rings. The summed E-state index contributed by atoms with van der Waals surface area (Å²) in [5.74, 6) is 0.770. The van der Waals surface area contributed by atoms with Crippen LogP contribution < -0.4 is 15.4 Å². The summed E-state index contributed by atoms with van der Waals surface area (Å²) in [5.41, 5.74) is 0. The van der Waals surface area contributed by atoms with Crippen LogP contribution in [0, 0.1) is 0 Å². The average molecular weight is 447 g/mol. The number of hydrogen-bond acceptors (Lipinski definition) is 4. The van der Waals surface area contributed by atoms with Crippen molar-refractivity contribution >= 4 is 40.0 Å². The molecule has 0 aliphatic carbocycles. The molecule has 0 aromatic carbocycles. The molecule has 0 radical (unpaired) electrons. The Morgan fingerprint density at radius 2 is 1.73 bits per heavy atom. The normalized spacial score (nSPS) is 16.9. The fourth-order valence-corrected chi connectivity index (χ4v) is 2.80. The van der Waals surface area contributed by atoms with Crippen LogP contribution >= 0.6 is 24.0 Å². The maximum Gasteiger partial charge on any atom is 0.208 e. The highest BCUT2D eigenvalue weighted by Crippen LogP contribution is 2.07. The molecule has 1 aliphatic rings. The van der Waals surface area contributed by atoms with E-state index in [1.54, 1.807) is 7.05 Å². The van der Waals surface area contributed by atoms with Gasteiger partial charge in [0, 0.05) is 33.2 Å². The monoisotopic (exact) mass is 447 g/mol.